The predicted molar refractivity (Wildman–Crippen MR) is 62.8 cm³/mol. The van der Waals surface area contributed by atoms with Gasteiger partial charge < -0.3 is 0 Å². The zero-order chi connectivity index (χ0) is 10.8. The van der Waals surface area contributed by atoms with E-state index >= 15 is 0 Å². The monoisotopic (exact) mass is 200 g/mol. The van der Waals surface area contributed by atoms with Crippen molar-refractivity contribution < 1.29 is 0 Å². The van der Waals surface area contributed by atoms with Crippen LogP contribution in [-0.2, 0) is 6.42 Å². The summed E-state index contributed by atoms with van der Waals surface area (Å²) in [6.45, 7) is 6.51. The lowest BCUT2D eigenvalue weighted by atomic mass is 10.00. The molecule has 0 saturated carbocycles. The van der Waals surface area contributed by atoms with Crippen molar-refractivity contribution in [2.24, 2.45) is 5.92 Å². The van der Waals surface area contributed by atoms with Gasteiger partial charge in [0.1, 0.15) is 0 Å². The Bertz CT molecular complexity index is 475. The van der Waals surface area contributed by atoms with Gasteiger partial charge in [-0.25, -0.2) is 0 Å². The molecule has 2 heteroatoms. The van der Waals surface area contributed by atoms with E-state index in [0.717, 1.165) is 17.6 Å². The average Bonchev–Trinajstić information content (AvgIpc) is 2.16. The number of hydrogen-bond donors (Lipinski definition) is 0. The molecule has 0 saturated heterocycles. The molecule has 0 bridgehead atoms. The van der Waals surface area contributed by atoms with Gasteiger partial charge in [0.2, 0.25) is 0 Å². The molecule has 0 aromatic carbocycles. The largest absolute Gasteiger partial charge is 0.264 e. The van der Waals surface area contributed by atoms with Crippen LogP contribution < -0.4 is 0 Å². The van der Waals surface area contributed by atoms with Crippen LogP contribution in [0.2, 0.25) is 0 Å². The molecule has 0 unspecified atom stereocenters. The summed E-state index contributed by atoms with van der Waals surface area (Å²) in [5.74, 6) is 0.662. The predicted octanol–water partition coefficient (Wildman–Crippen LogP) is 3.14. The van der Waals surface area contributed by atoms with E-state index in [2.05, 4.69) is 29.9 Å². The molecule has 0 amide bonds. The lowest BCUT2D eigenvalue weighted by molar-refractivity contribution is 0.649. The smallest absolute Gasteiger partial charge is 0.0738 e. The fraction of sp³-hybridized carbons (Fsp3) is 0.385. The van der Waals surface area contributed by atoms with Crippen LogP contribution in [-0.4, -0.2) is 9.97 Å². The molecule has 2 aromatic rings. The molecular weight excluding hydrogens is 184 g/mol. The van der Waals surface area contributed by atoms with E-state index in [1.165, 1.54) is 10.9 Å². The molecule has 78 valence electrons. The second-order valence-corrected chi connectivity index (χ2v) is 4.41. The zero-order valence-electron chi connectivity index (χ0n) is 9.49. The minimum Gasteiger partial charge on any atom is -0.264 e. The summed E-state index contributed by atoms with van der Waals surface area (Å²) in [5, 5.41) is 1.19. The van der Waals surface area contributed by atoms with Gasteiger partial charge in [0.25, 0.3) is 0 Å². The first-order valence-corrected chi connectivity index (χ1v) is 5.37. The highest BCUT2D eigenvalue weighted by Gasteiger charge is 2.05. The van der Waals surface area contributed by atoms with Gasteiger partial charge in [-0.1, -0.05) is 13.8 Å². The molecule has 15 heavy (non-hydrogen) atoms. The lowest BCUT2D eigenvalue weighted by Crippen LogP contribution is -1.98. The van der Waals surface area contributed by atoms with Crippen LogP contribution in [0.4, 0.5) is 0 Å². The van der Waals surface area contributed by atoms with Gasteiger partial charge in [-0.05, 0) is 37.0 Å². The maximum Gasteiger partial charge on any atom is 0.0738 e. The fourth-order valence-corrected chi connectivity index (χ4v) is 1.89. The number of rotatable bonds is 2. The van der Waals surface area contributed by atoms with E-state index in [1.54, 1.807) is 6.20 Å². The number of aromatic nitrogens is 2. The van der Waals surface area contributed by atoms with Crippen molar-refractivity contribution in [1.82, 2.24) is 9.97 Å². The highest BCUT2D eigenvalue weighted by Crippen LogP contribution is 2.19. The molecule has 0 fully saturated rings. The van der Waals surface area contributed by atoms with Crippen molar-refractivity contribution in [2.45, 2.75) is 27.2 Å². The molecule has 0 spiro atoms. The van der Waals surface area contributed by atoms with Gasteiger partial charge in [-0.15, -0.1) is 0 Å². The SMILES string of the molecule is Cc1cc(CC(C)C)c2cnccc2n1. The van der Waals surface area contributed by atoms with Crippen LogP contribution in [0.3, 0.4) is 0 Å². The van der Waals surface area contributed by atoms with Gasteiger partial charge in [0, 0.05) is 23.5 Å². The topological polar surface area (TPSA) is 25.8 Å². The molecule has 2 nitrogen and oxygen atoms in total. The number of hydrogen-bond acceptors (Lipinski definition) is 2. The Kier molecular flexibility index (Phi) is 2.67. The molecule has 0 aliphatic rings. The maximum absolute atomic E-state index is 4.50. The van der Waals surface area contributed by atoms with Crippen molar-refractivity contribution in [1.29, 1.82) is 0 Å². The van der Waals surface area contributed by atoms with Crippen LogP contribution in [0.15, 0.2) is 24.5 Å². The number of fused-ring (bicyclic) bond motifs is 1. The molecule has 2 heterocycles. The van der Waals surface area contributed by atoms with Crippen LogP contribution in [0.1, 0.15) is 25.1 Å². The second kappa shape index (κ2) is 3.97. The van der Waals surface area contributed by atoms with E-state index in [-0.39, 0.29) is 0 Å². The number of nitrogens with zero attached hydrogens (tertiary/aromatic N) is 2. The highest BCUT2D eigenvalue weighted by atomic mass is 14.7. The first-order valence-electron chi connectivity index (χ1n) is 5.37. The molecule has 0 N–H and O–H groups in total. The van der Waals surface area contributed by atoms with E-state index in [4.69, 9.17) is 0 Å². The van der Waals surface area contributed by atoms with E-state index in [0.29, 0.717) is 5.92 Å². The Balaban J connectivity index is 2.60. The van der Waals surface area contributed by atoms with Gasteiger partial charge in [-0.3, -0.25) is 9.97 Å². The summed E-state index contributed by atoms with van der Waals surface area (Å²) in [7, 11) is 0. The van der Waals surface area contributed by atoms with Crippen LogP contribution in [0.25, 0.3) is 10.9 Å². The van der Waals surface area contributed by atoms with Crippen LogP contribution in [0, 0.1) is 12.8 Å². The lowest BCUT2D eigenvalue weighted by Gasteiger charge is -2.09. The molecule has 2 aromatic heterocycles. The Morgan fingerprint density at radius 2 is 2.13 bits per heavy atom. The Hall–Kier alpha value is -1.44. The molecule has 2 rings (SSSR count). The highest BCUT2D eigenvalue weighted by molar-refractivity contribution is 5.81. The van der Waals surface area contributed by atoms with Gasteiger partial charge >= 0.3 is 0 Å². The molecule has 0 aliphatic heterocycles. The second-order valence-electron chi connectivity index (χ2n) is 4.41. The van der Waals surface area contributed by atoms with Gasteiger partial charge in [0.05, 0.1) is 5.52 Å². The Morgan fingerprint density at radius 1 is 1.33 bits per heavy atom. The third-order valence-corrected chi connectivity index (χ3v) is 2.45. The minimum atomic E-state index is 0.662. The standard InChI is InChI=1S/C13H16N2/c1-9(2)6-11-7-10(3)15-13-4-5-14-8-12(11)13/h4-5,7-9H,6H2,1-3H3. The van der Waals surface area contributed by atoms with Gasteiger partial charge in [-0.2, -0.15) is 0 Å². The maximum atomic E-state index is 4.50. The van der Waals surface area contributed by atoms with E-state index in [9.17, 15) is 0 Å². The van der Waals surface area contributed by atoms with Gasteiger partial charge in [0.15, 0.2) is 0 Å². The van der Waals surface area contributed by atoms with Crippen molar-refractivity contribution in [2.75, 3.05) is 0 Å². The fourth-order valence-electron chi connectivity index (χ4n) is 1.89. The summed E-state index contributed by atoms with van der Waals surface area (Å²) in [5.41, 5.74) is 3.51. The summed E-state index contributed by atoms with van der Waals surface area (Å²) < 4.78 is 0. The molecule has 0 radical (unpaired) electrons. The molecule has 0 atom stereocenters. The third-order valence-electron chi connectivity index (χ3n) is 2.45. The van der Waals surface area contributed by atoms with E-state index in [1.807, 2.05) is 19.2 Å². The Morgan fingerprint density at radius 3 is 2.87 bits per heavy atom. The van der Waals surface area contributed by atoms with E-state index < -0.39 is 0 Å². The molecular formula is C13H16N2. The minimum absolute atomic E-state index is 0.662. The summed E-state index contributed by atoms with van der Waals surface area (Å²) in [6, 6.07) is 4.15. The van der Waals surface area contributed by atoms with Crippen molar-refractivity contribution >= 4 is 10.9 Å². The Labute approximate surface area is 90.4 Å². The quantitative estimate of drug-likeness (QED) is 0.744. The average molecular weight is 200 g/mol. The normalized spacial score (nSPS) is 11.2. The summed E-state index contributed by atoms with van der Waals surface area (Å²) >= 11 is 0. The first-order chi connectivity index (χ1) is 7.16. The number of pyridine rings is 2. The van der Waals surface area contributed by atoms with Crippen LogP contribution in [0.5, 0.6) is 0 Å². The van der Waals surface area contributed by atoms with Crippen LogP contribution >= 0.6 is 0 Å². The summed E-state index contributed by atoms with van der Waals surface area (Å²) in [4.78, 5) is 8.67. The summed E-state index contributed by atoms with van der Waals surface area (Å²) in [6.07, 6.45) is 4.80. The first kappa shape index (κ1) is 10.1. The third kappa shape index (κ3) is 2.14. The zero-order valence-corrected chi connectivity index (χ0v) is 9.49. The van der Waals surface area contributed by atoms with Crippen molar-refractivity contribution in [3.8, 4) is 0 Å². The molecule has 0 aliphatic carbocycles. The van der Waals surface area contributed by atoms with Crippen molar-refractivity contribution in [3.05, 3.63) is 35.8 Å². The number of aryl methyl sites for hydroxylation is 1. The van der Waals surface area contributed by atoms with Crippen molar-refractivity contribution in [3.63, 3.8) is 0 Å².